The van der Waals surface area contributed by atoms with E-state index in [4.69, 9.17) is 10.00 Å². The van der Waals surface area contributed by atoms with Gasteiger partial charge in [0.05, 0.1) is 11.6 Å². The standard InChI is InChI=1S/C16H19N3O3/c1-11(22-14-8-4-5-12(9-14)10-17)15(20)19-16(21)18-13-6-2-3-7-13/h4-5,8-9,11,13H,2-3,6-7H2,1H3,(H2,18,19,20,21)/t11-/m0/s1. The van der Waals surface area contributed by atoms with Crippen LogP contribution in [0.2, 0.25) is 0 Å². The highest BCUT2D eigenvalue weighted by Gasteiger charge is 2.21. The summed E-state index contributed by atoms with van der Waals surface area (Å²) in [5.74, 6) is -0.101. The van der Waals surface area contributed by atoms with E-state index >= 15 is 0 Å². The SMILES string of the molecule is C[C@H](Oc1cccc(C#N)c1)C(=O)NC(=O)NC1CCCC1. The van der Waals surface area contributed by atoms with Crippen molar-refractivity contribution in [3.8, 4) is 11.8 Å². The van der Waals surface area contributed by atoms with Gasteiger partial charge in [0, 0.05) is 6.04 Å². The molecule has 1 fully saturated rings. The Morgan fingerprint density at radius 1 is 1.36 bits per heavy atom. The van der Waals surface area contributed by atoms with Crippen molar-refractivity contribution in [2.45, 2.75) is 44.8 Å². The molecule has 1 atom stereocenters. The Morgan fingerprint density at radius 3 is 2.77 bits per heavy atom. The van der Waals surface area contributed by atoms with Crippen LogP contribution in [0.25, 0.3) is 0 Å². The average molecular weight is 301 g/mol. The van der Waals surface area contributed by atoms with Crippen molar-refractivity contribution in [3.05, 3.63) is 29.8 Å². The summed E-state index contributed by atoms with van der Waals surface area (Å²) in [5.41, 5.74) is 0.448. The van der Waals surface area contributed by atoms with Gasteiger partial charge in [-0.3, -0.25) is 10.1 Å². The van der Waals surface area contributed by atoms with E-state index in [9.17, 15) is 9.59 Å². The lowest BCUT2D eigenvalue weighted by atomic mass is 10.2. The Balaban J connectivity index is 1.83. The number of amides is 3. The van der Waals surface area contributed by atoms with E-state index in [0.717, 1.165) is 25.7 Å². The monoisotopic (exact) mass is 301 g/mol. The Bertz CT molecular complexity index is 589. The van der Waals surface area contributed by atoms with Crippen molar-refractivity contribution in [2.75, 3.05) is 0 Å². The summed E-state index contributed by atoms with van der Waals surface area (Å²) in [6.07, 6.45) is 3.29. The minimum absolute atomic E-state index is 0.149. The number of hydrogen-bond acceptors (Lipinski definition) is 4. The third kappa shape index (κ3) is 4.48. The molecule has 0 bridgehead atoms. The normalized spacial score (nSPS) is 15.6. The summed E-state index contributed by atoms with van der Waals surface area (Å²) in [4.78, 5) is 23.6. The van der Waals surface area contributed by atoms with E-state index in [-0.39, 0.29) is 6.04 Å². The highest BCUT2D eigenvalue weighted by Crippen LogP contribution is 2.17. The van der Waals surface area contributed by atoms with Crippen molar-refractivity contribution >= 4 is 11.9 Å². The Labute approximate surface area is 129 Å². The molecule has 1 saturated carbocycles. The molecular weight excluding hydrogens is 282 g/mol. The zero-order chi connectivity index (χ0) is 15.9. The van der Waals surface area contributed by atoms with Crippen LogP contribution < -0.4 is 15.4 Å². The molecule has 2 N–H and O–H groups in total. The molecule has 6 nitrogen and oxygen atoms in total. The molecule has 6 heteroatoms. The Kier molecular flexibility index (Phi) is 5.37. The maximum absolute atomic E-state index is 11.9. The van der Waals surface area contributed by atoms with Gasteiger partial charge in [-0.25, -0.2) is 4.79 Å². The van der Waals surface area contributed by atoms with Gasteiger partial charge in [-0.15, -0.1) is 0 Å². The van der Waals surface area contributed by atoms with Crippen LogP contribution in [0.5, 0.6) is 5.75 Å². The van der Waals surface area contributed by atoms with Crippen LogP contribution in [0.15, 0.2) is 24.3 Å². The van der Waals surface area contributed by atoms with Crippen LogP contribution in [-0.2, 0) is 4.79 Å². The van der Waals surface area contributed by atoms with Crippen molar-refractivity contribution in [1.82, 2.24) is 10.6 Å². The number of rotatable bonds is 4. The smallest absolute Gasteiger partial charge is 0.321 e. The molecule has 0 aliphatic heterocycles. The summed E-state index contributed by atoms with van der Waals surface area (Å²) in [7, 11) is 0. The van der Waals surface area contributed by atoms with Crippen molar-refractivity contribution in [3.63, 3.8) is 0 Å². The first kappa shape index (κ1) is 15.8. The topological polar surface area (TPSA) is 91.2 Å². The van der Waals surface area contributed by atoms with Crippen molar-refractivity contribution in [2.24, 2.45) is 0 Å². The summed E-state index contributed by atoms with van der Waals surface area (Å²) in [6.45, 7) is 1.55. The molecule has 22 heavy (non-hydrogen) atoms. The van der Waals surface area contributed by atoms with Crippen LogP contribution in [0, 0.1) is 11.3 Å². The van der Waals surface area contributed by atoms with E-state index in [1.165, 1.54) is 0 Å². The molecule has 0 aromatic heterocycles. The second kappa shape index (κ2) is 7.46. The third-order valence-corrected chi connectivity index (χ3v) is 3.57. The quantitative estimate of drug-likeness (QED) is 0.891. The number of carbonyl (C=O) groups is 2. The number of hydrogen-bond donors (Lipinski definition) is 2. The molecule has 116 valence electrons. The first-order valence-electron chi connectivity index (χ1n) is 7.36. The second-order valence-electron chi connectivity index (χ2n) is 5.34. The fourth-order valence-electron chi connectivity index (χ4n) is 2.40. The fourth-order valence-corrected chi connectivity index (χ4v) is 2.40. The number of carbonyl (C=O) groups excluding carboxylic acids is 2. The minimum Gasteiger partial charge on any atom is -0.481 e. The van der Waals surface area contributed by atoms with E-state index in [1.807, 2.05) is 6.07 Å². The van der Waals surface area contributed by atoms with Gasteiger partial charge in [0.2, 0.25) is 0 Å². The third-order valence-electron chi connectivity index (χ3n) is 3.57. The second-order valence-corrected chi connectivity index (χ2v) is 5.34. The Morgan fingerprint density at radius 2 is 2.09 bits per heavy atom. The zero-order valence-corrected chi connectivity index (χ0v) is 12.5. The highest BCUT2D eigenvalue weighted by atomic mass is 16.5. The van der Waals surface area contributed by atoms with E-state index in [2.05, 4.69) is 10.6 Å². The number of nitrogens with one attached hydrogen (secondary N) is 2. The largest absolute Gasteiger partial charge is 0.481 e. The van der Waals surface area contributed by atoms with Gasteiger partial charge >= 0.3 is 6.03 Å². The molecule has 0 saturated heterocycles. The molecule has 3 amide bonds. The van der Waals surface area contributed by atoms with Crippen LogP contribution in [-0.4, -0.2) is 24.1 Å². The zero-order valence-electron chi connectivity index (χ0n) is 12.5. The summed E-state index contributed by atoms with van der Waals surface area (Å²) in [6, 6.07) is 8.18. The number of imide groups is 1. The molecule has 0 heterocycles. The molecule has 0 spiro atoms. The lowest BCUT2D eigenvalue weighted by Gasteiger charge is -2.16. The number of nitrogens with zero attached hydrogens (tertiary/aromatic N) is 1. The van der Waals surface area contributed by atoms with Gasteiger partial charge < -0.3 is 10.1 Å². The van der Waals surface area contributed by atoms with Crippen LogP contribution in [0.1, 0.15) is 38.2 Å². The van der Waals surface area contributed by atoms with E-state index in [0.29, 0.717) is 11.3 Å². The summed E-state index contributed by atoms with van der Waals surface area (Å²) < 4.78 is 5.45. The molecule has 2 rings (SSSR count). The number of ether oxygens (including phenoxy) is 1. The lowest BCUT2D eigenvalue weighted by Crippen LogP contribution is -2.47. The number of benzene rings is 1. The molecule has 0 radical (unpaired) electrons. The lowest BCUT2D eigenvalue weighted by molar-refractivity contribution is -0.126. The van der Waals surface area contributed by atoms with Gasteiger partial charge in [-0.05, 0) is 38.0 Å². The predicted molar refractivity (Wildman–Crippen MR) is 80.2 cm³/mol. The average Bonchev–Trinajstić information content (AvgIpc) is 3.00. The van der Waals surface area contributed by atoms with Gasteiger partial charge in [0.15, 0.2) is 6.10 Å². The van der Waals surface area contributed by atoms with Crippen molar-refractivity contribution < 1.29 is 14.3 Å². The van der Waals surface area contributed by atoms with Gasteiger partial charge in [0.25, 0.3) is 5.91 Å². The number of urea groups is 1. The molecule has 1 aliphatic rings. The van der Waals surface area contributed by atoms with E-state index in [1.54, 1.807) is 31.2 Å². The first-order chi connectivity index (χ1) is 10.6. The summed E-state index contributed by atoms with van der Waals surface area (Å²) in [5, 5.41) is 13.9. The molecular formula is C16H19N3O3. The van der Waals surface area contributed by atoms with Crippen molar-refractivity contribution in [1.29, 1.82) is 5.26 Å². The summed E-state index contributed by atoms with van der Waals surface area (Å²) >= 11 is 0. The minimum atomic E-state index is -0.830. The van der Waals surface area contributed by atoms with Crippen LogP contribution in [0.3, 0.4) is 0 Å². The fraction of sp³-hybridized carbons (Fsp3) is 0.438. The Hall–Kier alpha value is -2.55. The van der Waals surface area contributed by atoms with Gasteiger partial charge in [0.1, 0.15) is 5.75 Å². The van der Waals surface area contributed by atoms with Crippen LogP contribution in [0.4, 0.5) is 4.79 Å². The molecule has 1 aromatic rings. The predicted octanol–water partition coefficient (Wildman–Crippen LogP) is 2.09. The van der Waals surface area contributed by atoms with Gasteiger partial charge in [-0.2, -0.15) is 5.26 Å². The van der Waals surface area contributed by atoms with Gasteiger partial charge in [-0.1, -0.05) is 18.9 Å². The number of nitriles is 1. The maximum atomic E-state index is 11.9. The first-order valence-corrected chi connectivity index (χ1v) is 7.36. The maximum Gasteiger partial charge on any atom is 0.321 e. The highest BCUT2D eigenvalue weighted by molar-refractivity contribution is 5.96. The molecule has 1 aliphatic carbocycles. The van der Waals surface area contributed by atoms with Crippen LogP contribution >= 0.6 is 0 Å². The molecule has 0 unspecified atom stereocenters. The molecule has 1 aromatic carbocycles. The van der Waals surface area contributed by atoms with E-state index < -0.39 is 18.0 Å².